The first-order valence-electron chi connectivity index (χ1n) is 7.42. The fraction of sp³-hybridized carbons (Fsp3) is 0.176. The van der Waals surface area contributed by atoms with Gasteiger partial charge >= 0.3 is 0 Å². The fourth-order valence-electron chi connectivity index (χ4n) is 2.17. The highest BCUT2D eigenvalue weighted by Gasteiger charge is 2.16. The third-order valence-electron chi connectivity index (χ3n) is 3.59. The monoisotopic (exact) mass is 373 g/mol. The minimum absolute atomic E-state index is 0.0540. The minimum Gasteiger partial charge on any atom is -0.450 e. The lowest BCUT2D eigenvalue weighted by molar-refractivity contribution is 0.0997. The minimum atomic E-state index is -0.531. The first kappa shape index (κ1) is 17.4. The smallest absolute Gasteiger partial charge is 0.293 e. The number of rotatable bonds is 5. The van der Waals surface area contributed by atoms with Crippen molar-refractivity contribution in [2.45, 2.75) is 18.2 Å². The van der Waals surface area contributed by atoms with Crippen molar-refractivity contribution in [2.24, 2.45) is 0 Å². The van der Waals surface area contributed by atoms with E-state index in [2.05, 4.69) is 22.1 Å². The average molecular weight is 373 g/mol. The molecule has 0 aliphatic rings. The molecule has 0 aliphatic carbocycles. The Hall–Kier alpha value is -2.45. The van der Waals surface area contributed by atoms with E-state index < -0.39 is 5.91 Å². The molecule has 6 nitrogen and oxygen atoms in total. The molecule has 0 spiro atoms. The van der Waals surface area contributed by atoms with E-state index in [4.69, 9.17) is 4.42 Å². The number of nitrogens with one attached hydrogen (secondary N) is 1. The number of aromatic nitrogens is 2. The highest BCUT2D eigenvalue weighted by molar-refractivity contribution is 8.01. The van der Waals surface area contributed by atoms with Gasteiger partial charge in [0.2, 0.25) is 5.13 Å². The molecule has 0 fully saturated rings. The van der Waals surface area contributed by atoms with Crippen LogP contribution in [0.4, 0.5) is 5.13 Å². The topological polar surface area (TPSA) is 85.1 Å². The number of carbonyl (C=O) groups is 1. The molecule has 0 unspecified atom stereocenters. The summed E-state index contributed by atoms with van der Waals surface area (Å²) in [5.74, 6) is 0.124. The Balaban J connectivity index is 1.89. The summed E-state index contributed by atoms with van der Waals surface area (Å²) in [6, 6.07) is 4.76. The van der Waals surface area contributed by atoms with Gasteiger partial charge in [0.15, 0.2) is 15.5 Å². The summed E-state index contributed by atoms with van der Waals surface area (Å²) in [4.78, 5) is 24.7. The molecule has 2 aromatic heterocycles. The van der Waals surface area contributed by atoms with E-state index in [1.54, 1.807) is 12.1 Å². The third kappa shape index (κ3) is 3.64. The summed E-state index contributed by atoms with van der Waals surface area (Å²) < 4.78 is 6.41. The maximum Gasteiger partial charge on any atom is 0.293 e. The molecule has 1 N–H and O–H groups in total. The van der Waals surface area contributed by atoms with Crippen LogP contribution in [-0.4, -0.2) is 21.9 Å². The molecule has 1 aromatic carbocycles. The molecule has 2 heterocycles. The Labute approximate surface area is 152 Å². The van der Waals surface area contributed by atoms with E-state index in [-0.39, 0.29) is 11.2 Å². The summed E-state index contributed by atoms with van der Waals surface area (Å²) in [5, 5.41) is 11.3. The number of fused-ring (bicyclic) bond motifs is 1. The number of hydrogen-bond acceptors (Lipinski definition) is 7. The standard InChI is InChI=1S/C17H15N3O3S2/c1-4-7-24-17-20-19-16(25-17)18-15(22)13-8-12(21)11-6-5-9(2)10(3)14(11)23-13/h4-6,8H,1,7H2,2-3H3,(H,18,19,22). The maximum absolute atomic E-state index is 12.4. The Morgan fingerprint density at radius 2 is 2.20 bits per heavy atom. The number of anilines is 1. The van der Waals surface area contributed by atoms with Gasteiger partial charge in [0.25, 0.3) is 5.91 Å². The highest BCUT2D eigenvalue weighted by atomic mass is 32.2. The molecule has 0 bridgehead atoms. The van der Waals surface area contributed by atoms with Gasteiger partial charge in [-0.25, -0.2) is 0 Å². The van der Waals surface area contributed by atoms with E-state index in [0.29, 0.717) is 21.9 Å². The number of benzene rings is 1. The lowest BCUT2D eigenvalue weighted by atomic mass is 10.1. The molecule has 0 saturated heterocycles. The van der Waals surface area contributed by atoms with Crippen LogP contribution in [0.25, 0.3) is 11.0 Å². The predicted octanol–water partition coefficient (Wildman–Crippen LogP) is 3.79. The largest absolute Gasteiger partial charge is 0.450 e. The number of aryl methyl sites for hydroxylation is 2. The van der Waals surface area contributed by atoms with E-state index in [1.807, 2.05) is 19.9 Å². The second kappa shape index (κ2) is 7.20. The van der Waals surface area contributed by atoms with Crippen molar-refractivity contribution in [3.8, 4) is 0 Å². The van der Waals surface area contributed by atoms with E-state index in [1.165, 1.54) is 29.2 Å². The zero-order valence-corrected chi connectivity index (χ0v) is 15.3. The van der Waals surface area contributed by atoms with Gasteiger partial charge in [0.1, 0.15) is 5.58 Å². The van der Waals surface area contributed by atoms with E-state index in [9.17, 15) is 9.59 Å². The lowest BCUT2D eigenvalue weighted by Gasteiger charge is -2.06. The van der Waals surface area contributed by atoms with Crippen molar-refractivity contribution in [1.82, 2.24) is 10.2 Å². The van der Waals surface area contributed by atoms with Crippen LogP contribution < -0.4 is 10.7 Å². The molecule has 0 saturated carbocycles. The Kier molecular flexibility index (Phi) is 5.00. The van der Waals surface area contributed by atoms with Crippen molar-refractivity contribution in [2.75, 3.05) is 11.1 Å². The van der Waals surface area contributed by atoms with Crippen molar-refractivity contribution in [3.05, 3.63) is 58.0 Å². The number of carbonyl (C=O) groups excluding carboxylic acids is 1. The molecule has 3 rings (SSSR count). The second-order valence-electron chi connectivity index (χ2n) is 5.29. The Morgan fingerprint density at radius 1 is 1.40 bits per heavy atom. The van der Waals surface area contributed by atoms with Gasteiger partial charge in [-0.1, -0.05) is 35.2 Å². The van der Waals surface area contributed by atoms with Crippen molar-refractivity contribution < 1.29 is 9.21 Å². The fourth-order valence-corrected chi connectivity index (χ4v) is 3.68. The number of thioether (sulfide) groups is 1. The maximum atomic E-state index is 12.4. The second-order valence-corrected chi connectivity index (χ2v) is 7.53. The van der Waals surface area contributed by atoms with Crippen LogP contribution in [0, 0.1) is 13.8 Å². The summed E-state index contributed by atoms with van der Waals surface area (Å²) in [6.45, 7) is 7.42. The molecule has 3 aromatic rings. The lowest BCUT2D eigenvalue weighted by Crippen LogP contribution is -2.15. The van der Waals surface area contributed by atoms with Crippen LogP contribution in [0.15, 0.2) is 44.4 Å². The van der Waals surface area contributed by atoms with Gasteiger partial charge in [-0.05, 0) is 31.0 Å². The van der Waals surface area contributed by atoms with Crippen LogP contribution in [0.1, 0.15) is 21.7 Å². The first-order valence-corrected chi connectivity index (χ1v) is 9.22. The molecule has 0 aliphatic heterocycles. The molecule has 8 heteroatoms. The van der Waals surface area contributed by atoms with Gasteiger partial charge < -0.3 is 4.42 Å². The van der Waals surface area contributed by atoms with E-state index >= 15 is 0 Å². The highest BCUT2D eigenvalue weighted by Crippen LogP contribution is 2.26. The molecule has 0 atom stereocenters. The number of nitrogens with zero attached hydrogens (tertiary/aromatic N) is 2. The predicted molar refractivity (Wildman–Crippen MR) is 101 cm³/mol. The van der Waals surface area contributed by atoms with Crippen LogP contribution in [0.3, 0.4) is 0 Å². The summed E-state index contributed by atoms with van der Waals surface area (Å²) in [6.07, 6.45) is 1.76. The van der Waals surface area contributed by atoms with Crippen molar-refractivity contribution in [1.29, 1.82) is 0 Å². The summed E-state index contributed by atoms with van der Waals surface area (Å²) in [7, 11) is 0. The van der Waals surface area contributed by atoms with Gasteiger partial charge in [0.05, 0.1) is 5.39 Å². The summed E-state index contributed by atoms with van der Waals surface area (Å²) in [5.41, 5.74) is 2.00. The zero-order chi connectivity index (χ0) is 18.0. The molecule has 128 valence electrons. The Morgan fingerprint density at radius 3 is 2.96 bits per heavy atom. The van der Waals surface area contributed by atoms with Crippen LogP contribution >= 0.6 is 23.1 Å². The quantitative estimate of drug-likeness (QED) is 0.416. The van der Waals surface area contributed by atoms with Crippen molar-refractivity contribution >= 4 is 45.1 Å². The van der Waals surface area contributed by atoms with Gasteiger partial charge in [-0.2, -0.15) is 0 Å². The molecule has 1 amide bonds. The zero-order valence-electron chi connectivity index (χ0n) is 13.7. The van der Waals surface area contributed by atoms with Gasteiger partial charge in [-0.3, -0.25) is 14.9 Å². The van der Waals surface area contributed by atoms with Gasteiger partial charge in [-0.15, -0.1) is 16.8 Å². The molecular weight excluding hydrogens is 358 g/mol. The Bertz CT molecular complexity index is 1020. The number of hydrogen-bond donors (Lipinski definition) is 1. The molecule has 0 radical (unpaired) electrons. The molecular formula is C17H15N3O3S2. The van der Waals surface area contributed by atoms with Gasteiger partial charge in [0, 0.05) is 11.8 Å². The van der Waals surface area contributed by atoms with Crippen LogP contribution in [0.5, 0.6) is 0 Å². The summed E-state index contributed by atoms with van der Waals surface area (Å²) >= 11 is 2.72. The third-order valence-corrected chi connectivity index (χ3v) is 5.56. The number of amides is 1. The molecule has 25 heavy (non-hydrogen) atoms. The normalized spacial score (nSPS) is 10.8. The average Bonchev–Trinajstić information content (AvgIpc) is 3.03. The SMILES string of the molecule is C=CCSc1nnc(NC(=O)c2cc(=O)c3ccc(C)c(C)c3o2)s1. The van der Waals surface area contributed by atoms with Crippen molar-refractivity contribution in [3.63, 3.8) is 0 Å². The van der Waals surface area contributed by atoms with Crippen LogP contribution in [-0.2, 0) is 0 Å². The first-order chi connectivity index (χ1) is 12.0. The van der Waals surface area contributed by atoms with E-state index in [0.717, 1.165) is 15.5 Å². The van der Waals surface area contributed by atoms with Crippen LogP contribution in [0.2, 0.25) is 0 Å².